The van der Waals surface area contributed by atoms with Crippen LogP contribution in [0.15, 0.2) is 6.07 Å². The molecule has 1 fully saturated rings. The van der Waals surface area contributed by atoms with E-state index in [-0.39, 0.29) is 11.9 Å². The number of aryl methyl sites for hydroxylation is 2. The number of carbonyl (C=O) groups excluding carboxylic acids is 1. The third-order valence-electron chi connectivity index (χ3n) is 3.52. The summed E-state index contributed by atoms with van der Waals surface area (Å²) in [6.07, 6.45) is 3.44. The van der Waals surface area contributed by atoms with Gasteiger partial charge in [0.15, 0.2) is 0 Å². The normalized spacial score (nSPS) is 23.1. The third-order valence-corrected chi connectivity index (χ3v) is 4.35. The quantitative estimate of drug-likeness (QED) is 0.872. The predicted octanol–water partition coefficient (Wildman–Crippen LogP) is 2.39. The summed E-state index contributed by atoms with van der Waals surface area (Å²) in [4.78, 5) is 12.2. The molecule has 2 atom stereocenters. The average Bonchev–Trinajstić information content (AvgIpc) is 2.79. The lowest BCUT2D eigenvalue weighted by atomic mass is 10.1. The fraction of sp³-hybridized carbons (Fsp3) is 0.615. The Balaban J connectivity index is 2.09. The van der Waals surface area contributed by atoms with Crippen molar-refractivity contribution in [2.75, 3.05) is 5.33 Å². The molecule has 1 heterocycles. The zero-order chi connectivity index (χ0) is 13.1. The molecule has 98 valence electrons. The van der Waals surface area contributed by atoms with Crippen LogP contribution in [0.3, 0.4) is 0 Å². The monoisotopic (exact) mass is 311 g/mol. The maximum absolute atomic E-state index is 12.2. The maximum atomic E-state index is 12.2. The van der Waals surface area contributed by atoms with E-state index >= 15 is 0 Å². The molecule has 0 saturated heterocycles. The van der Waals surface area contributed by atoms with Crippen molar-refractivity contribution in [1.29, 1.82) is 0 Å². The predicted molar refractivity (Wildman–Crippen MR) is 73.9 cm³/mol. The van der Waals surface area contributed by atoms with Gasteiger partial charge in [-0.25, -0.2) is 0 Å². The van der Waals surface area contributed by atoms with Gasteiger partial charge in [-0.3, -0.25) is 4.79 Å². The van der Waals surface area contributed by atoms with Crippen molar-refractivity contribution in [1.82, 2.24) is 15.5 Å². The minimum absolute atomic E-state index is 0.0247. The van der Waals surface area contributed by atoms with Crippen molar-refractivity contribution in [3.8, 4) is 0 Å². The maximum Gasteiger partial charge on any atom is 0.253 e. The molecule has 2 rings (SSSR count). The summed E-state index contributed by atoms with van der Waals surface area (Å²) in [5, 5.41) is 12.0. The van der Waals surface area contributed by atoms with Gasteiger partial charge in [0.05, 0.1) is 17.0 Å². The summed E-state index contributed by atoms with van der Waals surface area (Å²) in [6, 6.07) is 2.08. The Kier molecular flexibility index (Phi) is 4.32. The molecule has 4 nitrogen and oxygen atoms in total. The van der Waals surface area contributed by atoms with Crippen LogP contribution in [0.1, 0.15) is 41.0 Å². The van der Waals surface area contributed by atoms with Crippen molar-refractivity contribution in [3.05, 3.63) is 23.0 Å². The first-order valence-corrected chi connectivity index (χ1v) is 7.41. The standard InChI is InChI=1S/C13H18BrN3O/c1-8-6-11(9(2)17-16-8)13(18)15-12-5-3-4-10(12)7-14/h6,10,12H,3-5,7H2,1-2H3,(H,15,18). The molecule has 0 aromatic carbocycles. The lowest BCUT2D eigenvalue weighted by Gasteiger charge is -2.19. The summed E-state index contributed by atoms with van der Waals surface area (Å²) in [5.41, 5.74) is 2.10. The second-order valence-electron chi connectivity index (χ2n) is 4.91. The van der Waals surface area contributed by atoms with Gasteiger partial charge in [0, 0.05) is 11.4 Å². The van der Waals surface area contributed by atoms with Crippen LogP contribution >= 0.6 is 15.9 Å². The number of hydrogen-bond acceptors (Lipinski definition) is 3. The number of amides is 1. The molecule has 1 aromatic heterocycles. The molecule has 18 heavy (non-hydrogen) atoms. The molecule has 1 N–H and O–H groups in total. The van der Waals surface area contributed by atoms with E-state index in [1.807, 2.05) is 13.8 Å². The van der Waals surface area contributed by atoms with Crippen LogP contribution < -0.4 is 5.32 Å². The Morgan fingerprint density at radius 1 is 1.44 bits per heavy atom. The fourth-order valence-corrected chi connectivity index (χ4v) is 3.21. The van der Waals surface area contributed by atoms with E-state index in [1.54, 1.807) is 6.07 Å². The van der Waals surface area contributed by atoms with Crippen molar-refractivity contribution >= 4 is 21.8 Å². The number of aromatic nitrogens is 2. The first-order chi connectivity index (χ1) is 8.61. The Labute approximate surface area is 116 Å². The minimum Gasteiger partial charge on any atom is -0.349 e. The Hall–Kier alpha value is -0.970. The van der Waals surface area contributed by atoms with Gasteiger partial charge in [0.25, 0.3) is 5.91 Å². The highest BCUT2D eigenvalue weighted by atomic mass is 79.9. The van der Waals surface area contributed by atoms with E-state index in [4.69, 9.17) is 0 Å². The van der Waals surface area contributed by atoms with Crippen LogP contribution in [0.4, 0.5) is 0 Å². The SMILES string of the molecule is Cc1cc(C(=O)NC2CCCC2CBr)c(C)nn1. The van der Waals surface area contributed by atoms with E-state index in [0.29, 0.717) is 17.2 Å². The molecule has 0 bridgehead atoms. The van der Waals surface area contributed by atoms with Crippen LogP contribution in [-0.2, 0) is 0 Å². The van der Waals surface area contributed by atoms with Crippen LogP contribution in [0.25, 0.3) is 0 Å². The number of halogens is 1. The second kappa shape index (κ2) is 5.78. The van der Waals surface area contributed by atoms with E-state index in [2.05, 4.69) is 31.4 Å². The van der Waals surface area contributed by atoms with Crippen LogP contribution in [0.2, 0.25) is 0 Å². The summed E-state index contributed by atoms with van der Waals surface area (Å²) in [6.45, 7) is 3.66. The van der Waals surface area contributed by atoms with Gasteiger partial charge in [-0.1, -0.05) is 22.4 Å². The molecule has 0 aliphatic heterocycles. The number of hydrogen-bond donors (Lipinski definition) is 1. The van der Waals surface area contributed by atoms with Gasteiger partial charge in [-0.15, -0.1) is 0 Å². The van der Waals surface area contributed by atoms with Gasteiger partial charge in [-0.05, 0) is 38.7 Å². The molecule has 1 aromatic rings. The molecule has 0 spiro atoms. The Morgan fingerprint density at radius 2 is 2.22 bits per heavy atom. The highest BCUT2D eigenvalue weighted by molar-refractivity contribution is 9.09. The summed E-state index contributed by atoms with van der Waals surface area (Å²) in [5.74, 6) is 0.522. The zero-order valence-electron chi connectivity index (χ0n) is 10.7. The smallest absolute Gasteiger partial charge is 0.253 e. The van der Waals surface area contributed by atoms with Gasteiger partial charge >= 0.3 is 0 Å². The van der Waals surface area contributed by atoms with E-state index in [0.717, 1.165) is 17.4 Å². The molecular formula is C13H18BrN3O. The van der Waals surface area contributed by atoms with Crippen LogP contribution in [-0.4, -0.2) is 27.5 Å². The minimum atomic E-state index is -0.0247. The largest absolute Gasteiger partial charge is 0.349 e. The van der Waals surface area contributed by atoms with Crippen molar-refractivity contribution in [2.24, 2.45) is 5.92 Å². The molecule has 1 saturated carbocycles. The van der Waals surface area contributed by atoms with Gasteiger partial charge < -0.3 is 5.32 Å². The Bertz CT molecular complexity index is 450. The number of carbonyl (C=O) groups is 1. The highest BCUT2D eigenvalue weighted by Crippen LogP contribution is 2.27. The van der Waals surface area contributed by atoms with Crippen molar-refractivity contribution in [3.63, 3.8) is 0 Å². The van der Waals surface area contributed by atoms with E-state index < -0.39 is 0 Å². The molecule has 1 amide bonds. The molecular weight excluding hydrogens is 294 g/mol. The van der Waals surface area contributed by atoms with Crippen molar-refractivity contribution in [2.45, 2.75) is 39.2 Å². The van der Waals surface area contributed by atoms with Gasteiger partial charge in [0.2, 0.25) is 0 Å². The van der Waals surface area contributed by atoms with Crippen LogP contribution in [0.5, 0.6) is 0 Å². The summed E-state index contributed by atoms with van der Waals surface area (Å²) in [7, 11) is 0. The number of nitrogens with one attached hydrogen (secondary N) is 1. The molecule has 1 aliphatic carbocycles. The highest BCUT2D eigenvalue weighted by Gasteiger charge is 2.28. The molecule has 0 radical (unpaired) electrons. The summed E-state index contributed by atoms with van der Waals surface area (Å²) < 4.78 is 0. The topological polar surface area (TPSA) is 54.9 Å². The summed E-state index contributed by atoms with van der Waals surface area (Å²) >= 11 is 3.52. The first kappa shape index (κ1) is 13.5. The lowest BCUT2D eigenvalue weighted by Crippen LogP contribution is -2.38. The van der Waals surface area contributed by atoms with Crippen molar-refractivity contribution < 1.29 is 4.79 Å². The molecule has 2 unspecified atom stereocenters. The fourth-order valence-electron chi connectivity index (χ4n) is 2.44. The van der Waals surface area contributed by atoms with Crippen LogP contribution in [0, 0.1) is 19.8 Å². The Morgan fingerprint density at radius 3 is 2.94 bits per heavy atom. The third kappa shape index (κ3) is 2.88. The molecule has 5 heteroatoms. The number of alkyl halides is 1. The average molecular weight is 312 g/mol. The van der Waals surface area contributed by atoms with E-state index in [9.17, 15) is 4.79 Å². The van der Waals surface area contributed by atoms with E-state index in [1.165, 1.54) is 12.8 Å². The molecule has 1 aliphatic rings. The second-order valence-corrected chi connectivity index (χ2v) is 5.56. The van der Waals surface area contributed by atoms with Gasteiger partial charge in [-0.2, -0.15) is 10.2 Å². The number of rotatable bonds is 3. The number of nitrogens with zero attached hydrogens (tertiary/aromatic N) is 2. The lowest BCUT2D eigenvalue weighted by molar-refractivity contribution is 0.0929. The van der Waals surface area contributed by atoms with Gasteiger partial charge in [0.1, 0.15) is 0 Å². The zero-order valence-corrected chi connectivity index (χ0v) is 12.3. The first-order valence-electron chi connectivity index (χ1n) is 6.29.